The minimum absolute atomic E-state index is 0.249. The van der Waals surface area contributed by atoms with Crippen LogP contribution >= 0.6 is 0 Å². The summed E-state index contributed by atoms with van der Waals surface area (Å²) in [7, 11) is 0. The van der Waals surface area contributed by atoms with Crippen molar-refractivity contribution in [3.8, 4) is 0 Å². The summed E-state index contributed by atoms with van der Waals surface area (Å²) in [6.07, 6.45) is 5.07. The number of aliphatic hydroxyl groups excluding tert-OH is 1. The Morgan fingerprint density at radius 3 is 2.89 bits per heavy atom. The molecule has 0 radical (unpaired) electrons. The highest BCUT2D eigenvalue weighted by molar-refractivity contribution is 5.45. The number of hydrogen-bond donors (Lipinski definition) is 3. The number of β-amino-alcohol motifs (C(OH)–C–C–N with tert-alkyl or cyclic N) is 1. The molecule has 2 rings (SSSR count). The summed E-state index contributed by atoms with van der Waals surface area (Å²) in [6, 6.07) is 0. The van der Waals surface area contributed by atoms with Gasteiger partial charge >= 0.3 is 0 Å². The van der Waals surface area contributed by atoms with Crippen LogP contribution in [0.4, 0.5) is 11.8 Å². The minimum Gasteiger partial charge on any atom is -0.390 e. The zero-order valence-electron chi connectivity index (χ0n) is 11.5. The number of nitrogens with one attached hydrogen (secondary N) is 1. The normalized spacial score (nSPS) is 18.2. The van der Waals surface area contributed by atoms with Crippen molar-refractivity contribution in [2.75, 3.05) is 37.2 Å². The van der Waals surface area contributed by atoms with E-state index >= 15 is 0 Å². The van der Waals surface area contributed by atoms with E-state index in [4.69, 9.17) is 5.73 Å². The van der Waals surface area contributed by atoms with E-state index in [1.54, 1.807) is 6.20 Å². The van der Waals surface area contributed by atoms with E-state index in [0.29, 0.717) is 18.9 Å². The van der Waals surface area contributed by atoms with E-state index in [2.05, 4.69) is 20.2 Å². The Bertz CT molecular complexity index is 406. The SMILES string of the molecule is Cc1cnc(N)nc1NC[C@H](O)CN1CCCCC1. The molecular weight excluding hydrogens is 242 g/mol. The molecule has 6 nitrogen and oxygen atoms in total. The molecule has 0 bridgehead atoms. The van der Waals surface area contributed by atoms with Gasteiger partial charge in [-0.3, -0.25) is 0 Å². The second kappa shape index (κ2) is 6.68. The van der Waals surface area contributed by atoms with Crippen LogP contribution in [-0.4, -0.2) is 52.3 Å². The van der Waals surface area contributed by atoms with Crippen molar-refractivity contribution in [3.05, 3.63) is 11.8 Å². The Kier molecular flexibility index (Phi) is 4.93. The lowest BCUT2D eigenvalue weighted by molar-refractivity contribution is 0.109. The fourth-order valence-corrected chi connectivity index (χ4v) is 2.35. The van der Waals surface area contributed by atoms with Gasteiger partial charge in [-0.1, -0.05) is 6.42 Å². The molecule has 106 valence electrons. The highest BCUT2D eigenvalue weighted by Crippen LogP contribution is 2.12. The molecule has 0 amide bonds. The number of hydrogen-bond acceptors (Lipinski definition) is 6. The van der Waals surface area contributed by atoms with Crippen LogP contribution in [0.15, 0.2) is 6.20 Å². The number of anilines is 2. The highest BCUT2D eigenvalue weighted by atomic mass is 16.3. The van der Waals surface area contributed by atoms with Gasteiger partial charge in [-0.05, 0) is 32.9 Å². The molecule has 1 aliphatic rings. The lowest BCUT2D eigenvalue weighted by Gasteiger charge is -2.28. The van der Waals surface area contributed by atoms with Crippen molar-refractivity contribution in [1.29, 1.82) is 0 Å². The van der Waals surface area contributed by atoms with Crippen molar-refractivity contribution in [2.45, 2.75) is 32.3 Å². The first kappa shape index (κ1) is 14.0. The van der Waals surface area contributed by atoms with Gasteiger partial charge in [0.25, 0.3) is 0 Å². The zero-order chi connectivity index (χ0) is 13.7. The molecule has 1 atom stereocenters. The van der Waals surface area contributed by atoms with Crippen molar-refractivity contribution in [3.63, 3.8) is 0 Å². The topological polar surface area (TPSA) is 87.3 Å². The molecule has 1 saturated heterocycles. The van der Waals surface area contributed by atoms with Crippen molar-refractivity contribution in [2.24, 2.45) is 0 Å². The number of nitrogens with zero attached hydrogens (tertiary/aromatic N) is 3. The Labute approximate surface area is 114 Å². The Balaban J connectivity index is 1.79. The number of likely N-dealkylation sites (tertiary alicyclic amines) is 1. The van der Waals surface area contributed by atoms with Crippen LogP contribution in [0.5, 0.6) is 0 Å². The Morgan fingerprint density at radius 2 is 2.16 bits per heavy atom. The van der Waals surface area contributed by atoms with Crippen LogP contribution in [0.1, 0.15) is 24.8 Å². The summed E-state index contributed by atoms with van der Waals surface area (Å²) in [4.78, 5) is 10.4. The number of aryl methyl sites for hydroxylation is 1. The zero-order valence-corrected chi connectivity index (χ0v) is 11.5. The Morgan fingerprint density at radius 1 is 1.42 bits per heavy atom. The standard InChI is InChI=1S/C13H23N5O/c1-10-7-16-13(14)17-12(10)15-8-11(19)9-18-5-3-2-4-6-18/h7,11,19H,2-6,8-9H2,1H3,(H3,14,15,16,17)/t11-/m0/s1. The van der Waals surface area contributed by atoms with Crippen LogP contribution in [0.2, 0.25) is 0 Å². The maximum absolute atomic E-state index is 10.0. The first-order valence-electron chi connectivity index (χ1n) is 6.88. The van der Waals surface area contributed by atoms with Gasteiger partial charge in [0.05, 0.1) is 6.10 Å². The quantitative estimate of drug-likeness (QED) is 0.723. The van der Waals surface area contributed by atoms with Gasteiger partial charge in [0.2, 0.25) is 5.95 Å². The largest absolute Gasteiger partial charge is 0.390 e. The summed E-state index contributed by atoms with van der Waals surface area (Å²) in [5, 5.41) is 13.2. The van der Waals surface area contributed by atoms with Gasteiger partial charge in [0.15, 0.2) is 0 Å². The van der Waals surface area contributed by atoms with Crippen LogP contribution < -0.4 is 11.1 Å². The van der Waals surface area contributed by atoms with E-state index in [1.807, 2.05) is 6.92 Å². The number of piperidine rings is 1. The minimum atomic E-state index is -0.395. The van der Waals surface area contributed by atoms with Gasteiger partial charge in [0.1, 0.15) is 5.82 Å². The summed E-state index contributed by atoms with van der Waals surface area (Å²) in [5.41, 5.74) is 6.48. The molecule has 0 spiro atoms. The van der Waals surface area contributed by atoms with Crippen LogP contribution in [0.25, 0.3) is 0 Å². The van der Waals surface area contributed by atoms with E-state index in [-0.39, 0.29) is 5.95 Å². The second-order valence-corrected chi connectivity index (χ2v) is 5.16. The molecule has 1 aromatic heterocycles. The fourth-order valence-electron chi connectivity index (χ4n) is 2.35. The lowest BCUT2D eigenvalue weighted by Crippen LogP contribution is -2.39. The molecule has 1 aromatic rings. The lowest BCUT2D eigenvalue weighted by atomic mass is 10.1. The van der Waals surface area contributed by atoms with Crippen molar-refractivity contribution >= 4 is 11.8 Å². The highest BCUT2D eigenvalue weighted by Gasteiger charge is 2.14. The molecule has 0 aromatic carbocycles. The summed E-state index contributed by atoms with van der Waals surface area (Å²) >= 11 is 0. The second-order valence-electron chi connectivity index (χ2n) is 5.16. The summed E-state index contributed by atoms with van der Waals surface area (Å²) in [6.45, 7) is 5.30. The number of aliphatic hydroxyl groups is 1. The molecule has 0 unspecified atom stereocenters. The number of rotatable bonds is 5. The van der Waals surface area contributed by atoms with E-state index in [1.165, 1.54) is 19.3 Å². The third-order valence-corrected chi connectivity index (χ3v) is 3.41. The molecule has 4 N–H and O–H groups in total. The molecule has 1 fully saturated rings. The fraction of sp³-hybridized carbons (Fsp3) is 0.692. The van der Waals surface area contributed by atoms with Gasteiger partial charge in [-0.15, -0.1) is 0 Å². The maximum Gasteiger partial charge on any atom is 0.221 e. The number of nitrogens with two attached hydrogens (primary N) is 1. The molecule has 1 aliphatic heterocycles. The van der Waals surface area contributed by atoms with Gasteiger partial charge in [-0.25, -0.2) is 4.98 Å². The number of nitrogen functional groups attached to an aromatic ring is 1. The van der Waals surface area contributed by atoms with E-state index < -0.39 is 6.10 Å². The van der Waals surface area contributed by atoms with Crippen LogP contribution in [-0.2, 0) is 0 Å². The molecule has 0 aliphatic carbocycles. The average Bonchev–Trinajstić information content (AvgIpc) is 2.41. The summed E-state index contributed by atoms with van der Waals surface area (Å²) < 4.78 is 0. The molecule has 19 heavy (non-hydrogen) atoms. The summed E-state index contributed by atoms with van der Waals surface area (Å²) in [5.74, 6) is 0.948. The van der Waals surface area contributed by atoms with Gasteiger partial charge in [0, 0.05) is 24.8 Å². The third kappa shape index (κ3) is 4.33. The third-order valence-electron chi connectivity index (χ3n) is 3.41. The van der Waals surface area contributed by atoms with Crippen molar-refractivity contribution < 1.29 is 5.11 Å². The van der Waals surface area contributed by atoms with E-state index in [0.717, 1.165) is 18.7 Å². The Hall–Kier alpha value is -1.40. The van der Waals surface area contributed by atoms with E-state index in [9.17, 15) is 5.11 Å². The average molecular weight is 265 g/mol. The first-order chi connectivity index (χ1) is 9.15. The first-order valence-corrected chi connectivity index (χ1v) is 6.88. The molecular formula is C13H23N5O. The smallest absolute Gasteiger partial charge is 0.221 e. The van der Waals surface area contributed by atoms with Crippen LogP contribution in [0.3, 0.4) is 0 Å². The van der Waals surface area contributed by atoms with Crippen LogP contribution in [0, 0.1) is 6.92 Å². The predicted octanol–water partition coefficient (Wildman–Crippen LogP) is 0.626. The predicted molar refractivity (Wildman–Crippen MR) is 76.0 cm³/mol. The molecule has 2 heterocycles. The molecule has 6 heteroatoms. The van der Waals surface area contributed by atoms with Gasteiger partial charge < -0.3 is 21.1 Å². The van der Waals surface area contributed by atoms with Crippen molar-refractivity contribution in [1.82, 2.24) is 14.9 Å². The van der Waals surface area contributed by atoms with Gasteiger partial charge in [-0.2, -0.15) is 4.98 Å². The monoisotopic (exact) mass is 265 g/mol. The number of aromatic nitrogens is 2. The molecule has 0 saturated carbocycles. The maximum atomic E-state index is 10.0.